The van der Waals surface area contributed by atoms with Gasteiger partial charge in [0.05, 0.1) is 18.2 Å². The molecule has 1 amide bonds. The molecule has 0 atom stereocenters. The molecule has 1 saturated carbocycles. The number of esters is 1. The van der Waals surface area contributed by atoms with E-state index in [1.807, 2.05) is 0 Å². The van der Waals surface area contributed by atoms with Crippen LogP contribution in [-0.2, 0) is 9.53 Å². The standard InChI is InChI=1S/C15H20N2O3/c1-10-9-11(5-6-12(10)13(18)20-2)17-14(19)15(16)7-3-4-8-15/h5-6,9H,3-4,7-8,16H2,1-2H3,(H,17,19). The van der Waals surface area contributed by atoms with Crippen molar-refractivity contribution < 1.29 is 14.3 Å². The van der Waals surface area contributed by atoms with Crippen LogP contribution in [-0.4, -0.2) is 24.5 Å². The normalized spacial score (nSPS) is 16.8. The largest absolute Gasteiger partial charge is 0.465 e. The van der Waals surface area contributed by atoms with Gasteiger partial charge in [0.2, 0.25) is 5.91 Å². The third kappa shape index (κ3) is 2.82. The van der Waals surface area contributed by atoms with E-state index < -0.39 is 5.54 Å². The Kier molecular flexibility index (Phi) is 4.09. The van der Waals surface area contributed by atoms with Crippen LogP contribution < -0.4 is 11.1 Å². The molecule has 1 aromatic rings. The van der Waals surface area contributed by atoms with Crippen molar-refractivity contribution in [3.63, 3.8) is 0 Å². The summed E-state index contributed by atoms with van der Waals surface area (Å²) < 4.78 is 4.69. The highest BCUT2D eigenvalue weighted by atomic mass is 16.5. The predicted octanol–water partition coefficient (Wildman–Crippen LogP) is 1.99. The van der Waals surface area contributed by atoms with Crippen LogP contribution >= 0.6 is 0 Å². The van der Waals surface area contributed by atoms with Crippen LogP contribution in [0.1, 0.15) is 41.6 Å². The van der Waals surface area contributed by atoms with Gasteiger partial charge < -0.3 is 15.8 Å². The molecule has 0 radical (unpaired) electrons. The van der Waals surface area contributed by atoms with E-state index in [4.69, 9.17) is 5.73 Å². The molecular weight excluding hydrogens is 256 g/mol. The molecule has 0 saturated heterocycles. The minimum atomic E-state index is -0.755. The predicted molar refractivity (Wildman–Crippen MR) is 76.5 cm³/mol. The molecule has 1 aliphatic carbocycles. The van der Waals surface area contributed by atoms with E-state index in [1.54, 1.807) is 25.1 Å². The molecule has 1 aromatic carbocycles. The Balaban J connectivity index is 2.12. The van der Waals surface area contributed by atoms with E-state index in [2.05, 4.69) is 10.1 Å². The fourth-order valence-corrected chi connectivity index (χ4v) is 2.57. The molecule has 0 spiro atoms. The maximum Gasteiger partial charge on any atom is 0.338 e. The van der Waals surface area contributed by atoms with Crippen molar-refractivity contribution >= 4 is 17.6 Å². The van der Waals surface area contributed by atoms with E-state index in [1.165, 1.54) is 7.11 Å². The Labute approximate surface area is 118 Å². The lowest BCUT2D eigenvalue weighted by atomic mass is 9.98. The number of nitrogens with two attached hydrogens (primary N) is 1. The number of rotatable bonds is 3. The number of nitrogens with one attached hydrogen (secondary N) is 1. The molecule has 5 nitrogen and oxygen atoms in total. The van der Waals surface area contributed by atoms with Crippen LogP contribution in [0.4, 0.5) is 5.69 Å². The van der Waals surface area contributed by atoms with Gasteiger partial charge in [-0.05, 0) is 43.5 Å². The number of benzene rings is 1. The number of amides is 1. The molecule has 2 rings (SSSR count). The van der Waals surface area contributed by atoms with Crippen molar-refractivity contribution in [2.45, 2.75) is 38.1 Å². The zero-order valence-electron chi connectivity index (χ0n) is 11.9. The Morgan fingerprint density at radius 3 is 2.50 bits per heavy atom. The summed E-state index contributed by atoms with van der Waals surface area (Å²) in [5, 5.41) is 2.83. The highest BCUT2D eigenvalue weighted by Crippen LogP contribution is 2.28. The second-order valence-electron chi connectivity index (χ2n) is 5.34. The van der Waals surface area contributed by atoms with Crippen molar-refractivity contribution in [1.29, 1.82) is 0 Å². The topological polar surface area (TPSA) is 81.4 Å². The Bertz CT molecular complexity index is 534. The second-order valence-corrected chi connectivity index (χ2v) is 5.34. The summed E-state index contributed by atoms with van der Waals surface area (Å²) in [6.45, 7) is 1.80. The first kappa shape index (κ1) is 14.5. The highest BCUT2D eigenvalue weighted by Gasteiger charge is 2.36. The van der Waals surface area contributed by atoms with Crippen molar-refractivity contribution in [3.8, 4) is 0 Å². The van der Waals surface area contributed by atoms with E-state index in [-0.39, 0.29) is 11.9 Å². The Morgan fingerprint density at radius 2 is 1.95 bits per heavy atom. The van der Waals surface area contributed by atoms with Gasteiger partial charge in [-0.25, -0.2) is 4.79 Å². The summed E-state index contributed by atoms with van der Waals surface area (Å²) in [5.74, 6) is -0.535. The van der Waals surface area contributed by atoms with Gasteiger partial charge in [-0.1, -0.05) is 12.8 Å². The monoisotopic (exact) mass is 276 g/mol. The van der Waals surface area contributed by atoms with E-state index >= 15 is 0 Å². The third-order valence-electron chi connectivity index (χ3n) is 3.84. The van der Waals surface area contributed by atoms with Crippen LogP contribution in [0.15, 0.2) is 18.2 Å². The van der Waals surface area contributed by atoms with Gasteiger partial charge in [-0.2, -0.15) is 0 Å². The molecule has 0 aromatic heterocycles. The average molecular weight is 276 g/mol. The number of carbonyl (C=O) groups is 2. The van der Waals surface area contributed by atoms with Crippen molar-refractivity contribution in [1.82, 2.24) is 0 Å². The van der Waals surface area contributed by atoms with Gasteiger partial charge in [-0.15, -0.1) is 0 Å². The maximum atomic E-state index is 12.2. The van der Waals surface area contributed by atoms with Gasteiger partial charge in [0.25, 0.3) is 0 Å². The average Bonchev–Trinajstić information content (AvgIpc) is 2.86. The smallest absolute Gasteiger partial charge is 0.338 e. The minimum absolute atomic E-state index is 0.153. The molecule has 0 aliphatic heterocycles. The van der Waals surface area contributed by atoms with Crippen molar-refractivity contribution in [3.05, 3.63) is 29.3 Å². The Hall–Kier alpha value is -1.88. The summed E-state index contributed by atoms with van der Waals surface area (Å²) in [5.41, 5.74) is 7.25. The first-order valence-electron chi connectivity index (χ1n) is 6.75. The van der Waals surface area contributed by atoms with Crippen LogP contribution in [0.5, 0.6) is 0 Å². The first-order valence-corrected chi connectivity index (χ1v) is 6.75. The number of hydrogen-bond donors (Lipinski definition) is 2. The Morgan fingerprint density at radius 1 is 1.30 bits per heavy atom. The van der Waals surface area contributed by atoms with Crippen LogP contribution in [0.2, 0.25) is 0 Å². The first-order chi connectivity index (χ1) is 9.46. The molecule has 1 fully saturated rings. The summed E-state index contributed by atoms with van der Waals surface area (Å²) in [6, 6.07) is 5.09. The zero-order chi connectivity index (χ0) is 14.8. The lowest BCUT2D eigenvalue weighted by Crippen LogP contribution is -2.48. The van der Waals surface area contributed by atoms with Crippen molar-refractivity contribution in [2.24, 2.45) is 5.73 Å². The number of ether oxygens (including phenoxy) is 1. The van der Waals surface area contributed by atoms with Gasteiger partial charge in [0.1, 0.15) is 0 Å². The number of aryl methyl sites for hydroxylation is 1. The molecule has 20 heavy (non-hydrogen) atoms. The van der Waals surface area contributed by atoms with Crippen LogP contribution in [0.25, 0.3) is 0 Å². The van der Waals surface area contributed by atoms with Crippen molar-refractivity contribution in [2.75, 3.05) is 12.4 Å². The fourth-order valence-electron chi connectivity index (χ4n) is 2.57. The van der Waals surface area contributed by atoms with Gasteiger partial charge in [0.15, 0.2) is 0 Å². The van der Waals surface area contributed by atoms with Gasteiger partial charge >= 0.3 is 5.97 Å². The summed E-state index contributed by atoms with van der Waals surface area (Å²) >= 11 is 0. The van der Waals surface area contributed by atoms with Gasteiger partial charge in [-0.3, -0.25) is 4.79 Å². The number of anilines is 1. The zero-order valence-corrected chi connectivity index (χ0v) is 11.9. The fraction of sp³-hybridized carbons (Fsp3) is 0.467. The molecular formula is C15H20N2O3. The number of hydrogen-bond acceptors (Lipinski definition) is 4. The quantitative estimate of drug-likeness (QED) is 0.827. The maximum absolute atomic E-state index is 12.2. The molecule has 3 N–H and O–H groups in total. The number of methoxy groups -OCH3 is 1. The molecule has 108 valence electrons. The third-order valence-corrected chi connectivity index (χ3v) is 3.84. The SMILES string of the molecule is COC(=O)c1ccc(NC(=O)C2(N)CCCC2)cc1C. The lowest BCUT2D eigenvalue weighted by molar-refractivity contribution is -0.121. The summed E-state index contributed by atoms with van der Waals surface area (Å²) in [6.07, 6.45) is 3.42. The molecule has 0 heterocycles. The molecule has 0 bridgehead atoms. The summed E-state index contributed by atoms with van der Waals surface area (Å²) in [7, 11) is 1.34. The molecule has 1 aliphatic rings. The van der Waals surface area contributed by atoms with E-state index in [0.29, 0.717) is 11.3 Å². The second kappa shape index (κ2) is 5.63. The highest BCUT2D eigenvalue weighted by molar-refractivity contribution is 5.99. The number of carbonyl (C=O) groups excluding carboxylic acids is 2. The van der Waals surface area contributed by atoms with E-state index in [9.17, 15) is 9.59 Å². The van der Waals surface area contributed by atoms with E-state index in [0.717, 1.165) is 31.2 Å². The van der Waals surface area contributed by atoms with Crippen LogP contribution in [0.3, 0.4) is 0 Å². The van der Waals surface area contributed by atoms with Gasteiger partial charge in [0, 0.05) is 5.69 Å². The lowest BCUT2D eigenvalue weighted by Gasteiger charge is -2.22. The summed E-state index contributed by atoms with van der Waals surface area (Å²) in [4.78, 5) is 23.7. The molecule has 0 unspecified atom stereocenters. The molecule has 5 heteroatoms. The van der Waals surface area contributed by atoms with Crippen LogP contribution in [0, 0.1) is 6.92 Å². The minimum Gasteiger partial charge on any atom is -0.465 e.